The summed E-state index contributed by atoms with van der Waals surface area (Å²) in [7, 11) is 1.63. The standard InChI is InChI=1S/C17H27NO3.ClH/c1-13-7-14(2)10-18(9-13)11-15(19)12-21-17-6-4-5-16(8-17)20-3;/h4-6,8,13-15,19H,7,9-12H2,1-3H3;1H/p-1. The van der Waals surface area contributed by atoms with Crippen LogP contribution in [0.3, 0.4) is 0 Å². The molecule has 0 radical (unpaired) electrons. The van der Waals surface area contributed by atoms with Gasteiger partial charge in [0, 0.05) is 25.7 Å². The van der Waals surface area contributed by atoms with Crippen LogP contribution in [-0.4, -0.2) is 49.5 Å². The molecule has 0 spiro atoms. The minimum atomic E-state index is -0.464. The second-order valence-electron chi connectivity index (χ2n) is 6.31. The molecule has 1 aliphatic rings. The lowest BCUT2D eigenvalue weighted by Crippen LogP contribution is -3.00. The van der Waals surface area contributed by atoms with E-state index in [1.54, 1.807) is 7.11 Å². The van der Waals surface area contributed by atoms with Crippen molar-refractivity contribution in [2.75, 3.05) is 33.4 Å². The van der Waals surface area contributed by atoms with Crippen molar-refractivity contribution in [3.63, 3.8) is 0 Å². The third kappa shape index (κ3) is 6.03. The Hall–Kier alpha value is -0.970. The Kier molecular flexibility index (Phi) is 8.01. The van der Waals surface area contributed by atoms with E-state index in [1.807, 2.05) is 24.3 Å². The summed E-state index contributed by atoms with van der Waals surface area (Å²) < 4.78 is 10.8. The van der Waals surface area contributed by atoms with Crippen molar-refractivity contribution in [2.45, 2.75) is 26.4 Å². The Morgan fingerprint density at radius 3 is 2.50 bits per heavy atom. The van der Waals surface area contributed by atoms with Crippen molar-refractivity contribution in [3.8, 4) is 11.5 Å². The van der Waals surface area contributed by atoms with Crippen molar-refractivity contribution in [1.82, 2.24) is 4.90 Å². The first-order chi connectivity index (χ1) is 10.1. The second kappa shape index (κ2) is 9.23. The van der Waals surface area contributed by atoms with Crippen LogP contribution in [-0.2, 0) is 0 Å². The molecule has 0 saturated carbocycles. The minimum absolute atomic E-state index is 0. The highest BCUT2D eigenvalue weighted by Crippen LogP contribution is 2.21. The van der Waals surface area contributed by atoms with Crippen LogP contribution in [0.2, 0.25) is 0 Å². The molecule has 0 bridgehead atoms. The van der Waals surface area contributed by atoms with E-state index < -0.39 is 6.10 Å². The van der Waals surface area contributed by atoms with Crippen molar-refractivity contribution in [1.29, 1.82) is 0 Å². The predicted octanol–water partition coefficient (Wildman–Crippen LogP) is -0.583. The number of β-amino-alcohol motifs (C(OH)–C–C–N with tert-alkyl or cyclic N) is 1. The van der Waals surface area contributed by atoms with Crippen LogP contribution in [0.25, 0.3) is 0 Å². The van der Waals surface area contributed by atoms with Crippen LogP contribution in [0.1, 0.15) is 20.3 Å². The summed E-state index contributed by atoms with van der Waals surface area (Å²) in [4.78, 5) is 2.35. The maximum Gasteiger partial charge on any atom is 0.123 e. The lowest BCUT2D eigenvalue weighted by Gasteiger charge is -2.35. The fourth-order valence-corrected chi connectivity index (χ4v) is 3.18. The number of hydrogen-bond donors (Lipinski definition) is 1. The Morgan fingerprint density at radius 2 is 1.86 bits per heavy atom. The SMILES string of the molecule is COc1cccc(OCC(O)CN2CC(C)CC(C)C2)c1.[Cl-]. The fraction of sp³-hybridized carbons (Fsp3) is 0.647. The molecule has 5 heteroatoms. The average Bonchev–Trinajstić information content (AvgIpc) is 2.44. The molecule has 3 atom stereocenters. The molecule has 1 N–H and O–H groups in total. The van der Waals surface area contributed by atoms with Crippen LogP contribution in [0.4, 0.5) is 0 Å². The number of hydrogen-bond acceptors (Lipinski definition) is 4. The van der Waals surface area contributed by atoms with E-state index in [4.69, 9.17) is 9.47 Å². The molecule has 22 heavy (non-hydrogen) atoms. The van der Waals surface area contributed by atoms with Gasteiger partial charge < -0.3 is 31.9 Å². The Bertz CT molecular complexity index is 434. The molecule has 3 unspecified atom stereocenters. The molecular weight excluding hydrogens is 302 g/mol. The quantitative estimate of drug-likeness (QED) is 0.758. The number of nitrogens with zero attached hydrogens (tertiary/aromatic N) is 1. The zero-order chi connectivity index (χ0) is 15.2. The van der Waals surface area contributed by atoms with Gasteiger partial charge in [-0.1, -0.05) is 19.9 Å². The number of aliphatic hydroxyl groups excluding tert-OH is 1. The van der Waals surface area contributed by atoms with E-state index in [2.05, 4.69) is 18.7 Å². The van der Waals surface area contributed by atoms with Gasteiger partial charge in [-0.3, -0.25) is 0 Å². The first kappa shape index (κ1) is 19.1. The molecule has 1 fully saturated rings. The van der Waals surface area contributed by atoms with Crippen molar-refractivity contribution in [2.24, 2.45) is 11.8 Å². The largest absolute Gasteiger partial charge is 1.00 e. The summed E-state index contributed by atoms with van der Waals surface area (Å²) in [6, 6.07) is 7.46. The number of rotatable bonds is 6. The van der Waals surface area contributed by atoms with E-state index in [0.717, 1.165) is 24.6 Å². The van der Waals surface area contributed by atoms with Gasteiger partial charge in [0.1, 0.15) is 24.2 Å². The van der Waals surface area contributed by atoms with E-state index in [0.29, 0.717) is 25.0 Å². The zero-order valence-corrected chi connectivity index (χ0v) is 14.4. The number of ether oxygens (including phenoxy) is 2. The monoisotopic (exact) mass is 328 g/mol. The number of likely N-dealkylation sites (tertiary alicyclic amines) is 1. The number of halogens is 1. The number of piperidine rings is 1. The molecule has 1 aromatic carbocycles. The summed E-state index contributed by atoms with van der Waals surface area (Å²) in [5, 5.41) is 10.2. The summed E-state index contributed by atoms with van der Waals surface area (Å²) in [6.45, 7) is 7.69. The summed E-state index contributed by atoms with van der Waals surface area (Å²) in [5.74, 6) is 2.91. The van der Waals surface area contributed by atoms with E-state index >= 15 is 0 Å². The normalized spacial score (nSPS) is 23.5. The molecule has 4 nitrogen and oxygen atoms in total. The Balaban J connectivity index is 0.00000242. The average molecular weight is 329 g/mol. The summed E-state index contributed by atoms with van der Waals surface area (Å²) in [6.07, 6.45) is 0.820. The van der Waals surface area contributed by atoms with Crippen molar-refractivity contribution in [3.05, 3.63) is 24.3 Å². The number of benzene rings is 1. The second-order valence-corrected chi connectivity index (χ2v) is 6.31. The van der Waals surface area contributed by atoms with Crippen molar-refractivity contribution >= 4 is 0 Å². The molecule has 1 saturated heterocycles. The predicted molar refractivity (Wildman–Crippen MR) is 83.9 cm³/mol. The molecule has 1 aromatic rings. The van der Waals surface area contributed by atoms with Gasteiger partial charge in [-0.05, 0) is 30.4 Å². The maximum atomic E-state index is 10.2. The number of methoxy groups -OCH3 is 1. The molecule has 0 aromatic heterocycles. The maximum absolute atomic E-state index is 10.2. The first-order valence-electron chi connectivity index (χ1n) is 7.74. The highest BCUT2D eigenvalue weighted by molar-refractivity contribution is 5.32. The zero-order valence-electron chi connectivity index (χ0n) is 13.7. The van der Waals surface area contributed by atoms with E-state index in [-0.39, 0.29) is 12.4 Å². The van der Waals surface area contributed by atoms with Gasteiger partial charge in [-0.25, -0.2) is 0 Å². The molecule has 0 amide bonds. The van der Waals surface area contributed by atoms with Gasteiger partial charge in [0.15, 0.2) is 0 Å². The molecule has 0 aliphatic carbocycles. The van der Waals surface area contributed by atoms with E-state index in [1.165, 1.54) is 6.42 Å². The van der Waals surface area contributed by atoms with Gasteiger partial charge in [0.05, 0.1) is 7.11 Å². The van der Waals surface area contributed by atoms with Crippen LogP contribution < -0.4 is 21.9 Å². The molecule has 126 valence electrons. The Morgan fingerprint density at radius 1 is 1.23 bits per heavy atom. The van der Waals surface area contributed by atoms with Gasteiger partial charge >= 0.3 is 0 Å². The molecule has 1 aliphatic heterocycles. The van der Waals surface area contributed by atoms with Gasteiger partial charge in [-0.15, -0.1) is 0 Å². The van der Waals surface area contributed by atoms with Crippen LogP contribution in [0.5, 0.6) is 11.5 Å². The Labute approximate surface area is 139 Å². The first-order valence-corrected chi connectivity index (χ1v) is 7.74. The topological polar surface area (TPSA) is 41.9 Å². The van der Waals surface area contributed by atoms with Crippen molar-refractivity contribution < 1.29 is 27.0 Å². The highest BCUT2D eigenvalue weighted by atomic mass is 35.5. The van der Waals surface area contributed by atoms with Crippen LogP contribution in [0.15, 0.2) is 24.3 Å². The van der Waals surface area contributed by atoms with Gasteiger partial charge in [0.25, 0.3) is 0 Å². The third-order valence-corrected chi connectivity index (χ3v) is 3.90. The summed E-state index contributed by atoms with van der Waals surface area (Å²) >= 11 is 0. The third-order valence-electron chi connectivity index (χ3n) is 3.90. The lowest BCUT2D eigenvalue weighted by atomic mass is 9.92. The minimum Gasteiger partial charge on any atom is -1.00 e. The summed E-state index contributed by atoms with van der Waals surface area (Å²) in [5.41, 5.74) is 0. The van der Waals surface area contributed by atoms with Gasteiger partial charge in [-0.2, -0.15) is 0 Å². The van der Waals surface area contributed by atoms with Crippen LogP contribution in [0, 0.1) is 11.8 Å². The molecular formula is C17H27ClNO3-. The fourth-order valence-electron chi connectivity index (χ4n) is 3.18. The highest BCUT2D eigenvalue weighted by Gasteiger charge is 2.23. The van der Waals surface area contributed by atoms with E-state index in [9.17, 15) is 5.11 Å². The molecule has 1 heterocycles. The number of aliphatic hydroxyl groups is 1. The lowest BCUT2D eigenvalue weighted by molar-refractivity contribution is -0.00000884. The molecule has 2 rings (SSSR count). The van der Waals surface area contributed by atoms with Crippen LogP contribution >= 0.6 is 0 Å². The smallest absolute Gasteiger partial charge is 0.123 e. The van der Waals surface area contributed by atoms with Gasteiger partial charge in [0.2, 0.25) is 0 Å².